The molecule has 0 aliphatic rings. The van der Waals surface area contributed by atoms with Crippen molar-refractivity contribution in [3.8, 4) is 16.9 Å². The summed E-state index contributed by atoms with van der Waals surface area (Å²) in [6.07, 6.45) is -4.79. The maximum Gasteiger partial charge on any atom is 0.407 e. The second-order valence-corrected chi connectivity index (χ2v) is 5.24. The van der Waals surface area contributed by atoms with E-state index in [2.05, 4.69) is 4.85 Å². The van der Waals surface area contributed by atoms with Gasteiger partial charge in [-0.05, 0) is 23.8 Å². The molecule has 0 N–H and O–H groups in total. The molecule has 2 aromatic carbocycles. The molecule has 0 atom stereocenters. The second kappa shape index (κ2) is 6.29. The molecule has 3 rings (SSSR count). The minimum atomic E-state index is -4.79. The molecule has 3 nitrogen and oxygen atoms in total. The van der Waals surface area contributed by atoms with Crippen molar-refractivity contribution >= 4 is 5.69 Å². The summed E-state index contributed by atoms with van der Waals surface area (Å²) < 4.78 is 41.2. The highest BCUT2D eigenvalue weighted by molar-refractivity contribution is 5.68. The molecular formula is C19H11F3N2O. The van der Waals surface area contributed by atoms with Gasteiger partial charge >= 0.3 is 6.18 Å². The predicted octanol–water partition coefficient (Wildman–Crippen LogP) is 5.07. The van der Waals surface area contributed by atoms with Crippen molar-refractivity contribution in [1.29, 1.82) is 0 Å². The Morgan fingerprint density at radius 1 is 0.920 bits per heavy atom. The van der Waals surface area contributed by atoms with E-state index in [1.165, 1.54) is 0 Å². The molecule has 1 heterocycles. The van der Waals surface area contributed by atoms with Gasteiger partial charge in [0.2, 0.25) is 0 Å². The van der Waals surface area contributed by atoms with Crippen LogP contribution in [0.1, 0.15) is 5.56 Å². The first-order valence-corrected chi connectivity index (χ1v) is 7.29. The van der Waals surface area contributed by atoms with Gasteiger partial charge in [-0.1, -0.05) is 48.5 Å². The van der Waals surface area contributed by atoms with E-state index in [4.69, 9.17) is 6.57 Å². The van der Waals surface area contributed by atoms with Gasteiger partial charge in [-0.2, -0.15) is 13.2 Å². The third-order valence-corrected chi connectivity index (χ3v) is 3.68. The van der Waals surface area contributed by atoms with Crippen molar-refractivity contribution in [3.63, 3.8) is 0 Å². The average molecular weight is 340 g/mol. The number of pyridine rings is 1. The number of alkyl halides is 3. The van der Waals surface area contributed by atoms with Crippen LogP contribution in [-0.4, -0.2) is 4.57 Å². The Kier molecular flexibility index (Phi) is 4.15. The van der Waals surface area contributed by atoms with Crippen LogP contribution < -0.4 is 5.56 Å². The number of halogens is 3. The first-order valence-electron chi connectivity index (χ1n) is 7.29. The third kappa shape index (κ3) is 3.04. The van der Waals surface area contributed by atoms with Gasteiger partial charge in [0.05, 0.1) is 17.8 Å². The summed E-state index contributed by atoms with van der Waals surface area (Å²) in [5.41, 5.74) is -2.23. The quantitative estimate of drug-likeness (QED) is 0.598. The summed E-state index contributed by atoms with van der Waals surface area (Å²) in [5, 5.41) is 0. The van der Waals surface area contributed by atoms with Gasteiger partial charge in [-0.15, -0.1) is 0 Å². The lowest BCUT2D eigenvalue weighted by Crippen LogP contribution is -2.23. The molecule has 0 saturated carbocycles. The lowest BCUT2D eigenvalue weighted by molar-refractivity contribution is -0.136. The Morgan fingerprint density at radius 2 is 1.48 bits per heavy atom. The summed E-state index contributed by atoms with van der Waals surface area (Å²) in [4.78, 5) is 15.6. The predicted molar refractivity (Wildman–Crippen MR) is 88.7 cm³/mol. The molecule has 0 aliphatic carbocycles. The lowest BCUT2D eigenvalue weighted by Gasteiger charge is -2.17. The average Bonchev–Trinajstić information content (AvgIpc) is 2.61. The van der Waals surface area contributed by atoms with Crippen LogP contribution in [0, 0.1) is 6.57 Å². The van der Waals surface area contributed by atoms with Crippen LogP contribution >= 0.6 is 0 Å². The van der Waals surface area contributed by atoms with Crippen LogP contribution in [0.25, 0.3) is 21.8 Å². The SMILES string of the molecule is [C-]#[N+]c1c(C(F)(F)F)cc(-c2ccccc2)n(-c2ccccc2)c1=O. The molecular weight excluding hydrogens is 329 g/mol. The van der Waals surface area contributed by atoms with E-state index in [0.29, 0.717) is 11.3 Å². The van der Waals surface area contributed by atoms with Crippen molar-refractivity contribution in [2.45, 2.75) is 6.18 Å². The van der Waals surface area contributed by atoms with E-state index in [1.807, 2.05) is 0 Å². The Bertz CT molecular complexity index is 1000. The smallest absolute Gasteiger partial charge is 0.286 e. The van der Waals surface area contributed by atoms with E-state index in [-0.39, 0.29) is 5.69 Å². The van der Waals surface area contributed by atoms with Gasteiger partial charge in [0.15, 0.2) is 0 Å². The van der Waals surface area contributed by atoms with Crippen molar-refractivity contribution in [2.75, 3.05) is 0 Å². The zero-order valence-corrected chi connectivity index (χ0v) is 12.8. The van der Waals surface area contributed by atoms with Crippen molar-refractivity contribution in [1.82, 2.24) is 4.57 Å². The fraction of sp³-hybridized carbons (Fsp3) is 0.0526. The van der Waals surface area contributed by atoms with Gasteiger partial charge in [0.25, 0.3) is 11.2 Å². The molecule has 6 heteroatoms. The number of hydrogen-bond donors (Lipinski definition) is 0. The number of rotatable bonds is 2. The number of benzene rings is 2. The summed E-state index contributed by atoms with van der Waals surface area (Å²) in [5.74, 6) is 0. The fourth-order valence-electron chi connectivity index (χ4n) is 2.58. The van der Waals surface area contributed by atoms with Crippen LogP contribution in [0.3, 0.4) is 0 Å². The maximum atomic E-state index is 13.4. The Hall–Kier alpha value is -3.33. The summed E-state index contributed by atoms with van der Waals surface area (Å²) in [7, 11) is 0. The molecule has 3 aromatic rings. The van der Waals surface area contributed by atoms with Gasteiger partial charge in [0.1, 0.15) is 0 Å². The van der Waals surface area contributed by atoms with E-state index >= 15 is 0 Å². The maximum absolute atomic E-state index is 13.4. The molecule has 0 fully saturated rings. The van der Waals surface area contributed by atoms with Crippen molar-refractivity contribution < 1.29 is 13.2 Å². The first-order chi connectivity index (χ1) is 11.9. The third-order valence-electron chi connectivity index (χ3n) is 3.68. The highest BCUT2D eigenvalue weighted by atomic mass is 19.4. The standard InChI is InChI=1S/C19H11F3N2O/c1-23-17-15(19(20,21)22)12-16(13-8-4-2-5-9-13)24(18(17)25)14-10-6-3-7-11-14/h2-12H. The fourth-order valence-corrected chi connectivity index (χ4v) is 2.58. The van der Waals surface area contributed by atoms with Crippen LogP contribution in [0.15, 0.2) is 71.5 Å². The zero-order valence-electron chi connectivity index (χ0n) is 12.8. The van der Waals surface area contributed by atoms with E-state index in [0.717, 1.165) is 10.6 Å². The number of hydrogen-bond acceptors (Lipinski definition) is 1. The molecule has 124 valence electrons. The molecule has 0 aliphatic heterocycles. The van der Waals surface area contributed by atoms with Gasteiger partial charge < -0.3 is 0 Å². The highest BCUT2D eigenvalue weighted by Crippen LogP contribution is 2.37. The number of nitrogens with zero attached hydrogens (tertiary/aromatic N) is 2. The normalized spacial score (nSPS) is 11.1. The molecule has 0 bridgehead atoms. The first kappa shape index (κ1) is 16.5. The molecule has 1 aromatic heterocycles. The molecule has 0 saturated heterocycles. The van der Waals surface area contributed by atoms with Crippen molar-refractivity contribution in [3.05, 3.63) is 94.1 Å². The van der Waals surface area contributed by atoms with E-state index < -0.39 is 23.0 Å². The molecule has 0 amide bonds. The topological polar surface area (TPSA) is 26.4 Å². The summed E-state index contributed by atoms with van der Waals surface area (Å²) in [6.45, 7) is 7.05. The minimum absolute atomic E-state index is 0.0801. The van der Waals surface area contributed by atoms with Crippen LogP contribution in [-0.2, 0) is 6.18 Å². The molecule has 0 unspecified atom stereocenters. The van der Waals surface area contributed by atoms with Crippen LogP contribution in [0.4, 0.5) is 18.9 Å². The van der Waals surface area contributed by atoms with Crippen LogP contribution in [0.2, 0.25) is 0 Å². The van der Waals surface area contributed by atoms with Crippen LogP contribution in [0.5, 0.6) is 0 Å². The summed E-state index contributed by atoms with van der Waals surface area (Å²) >= 11 is 0. The number of aromatic nitrogens is 1. The Labute approximate surface area is 141 Å². The van der Waals surface area contributed by atoms with Crippen molar-refractivity contribution in [2.24, 2.45) is 0 Å². The van der Waals surface area contributed by atoms with Gasteiger partial charge in [0, 0.05) is 5.69 Å². The Balaban J connectivity index is 2.46. The largest absolute Gasteiger partial charge is 0.407 e. The van der Waals surface area contributed by atoms with Gasteiger partial charge in [-0.25, -0.2) is 4.85 Å². The zero-order chi connectivity index (χ0) is 18.0. The minimum Gasteiger partial charge on any atom is -0.286 e. The monoisotopic (exact) mass is 340 g/mol. The molecule has 25 heavy (non-hydrogen) atoms. The molecule has 0 spiro atoms. The lowest BCUT2D eigenvalue weighted by atomic mass is 10.1. The highest BCUT2D eigenvalue weighted by Gasteiger charge is 2.36. The van der Waals surface area contributed by atoms with E-state index in [1.54, 1.807) is 60.7 Å². The van der Waals surface area contributed by atoms with Gasteiger partial charge in [-0.3, -0.25) is 9.36 Å². The molecule has 0 radical (unpaired) electrons. The summed E-state index contributed by atoms with van der Waals surface area (Å²) in [6, 6.07) is 17.5. The van der Waals surface area contributed by atoms with E-state index in [9.17, 15) is 18.0 Å². The number of para-hydroxylation sites is 1. The Morgan fingerprint density at radius 3 is 2.00 bits per heavy atom. The second-order valence-electron chi connectivity index (χ2n) is 5.24.